The van der Waals surface area contributed by atoms with E-state index in [-0.39, 0.29) is 5.91 Å². The minimum atomic E-state index is -0.205. The molecule has 3 N–H and O–H groups in total. The van der Waals surface area contributed by atoms with Gasteiger partial charge in [-0.05, 0) is 25.9 Å². The van der Waals surface area contributed by atoms with Crippen LogP contribution in [0.2, 0.25) is 0 Å². The van der Waals surface area contributed by atoms with Crippen LogP contribution in [0, 0.1) is 5.92 Å². The second-order valence-corrected chi connectivity index (χ2v) is 2.67. The van der Waals surface area contributed by atoms with Gasteiger partial charge in [-0.25, -0.2) is 0 Å². The normalized spacial score (nSPS) is 13.0. The summed E-state index contributed by atoms with van der Waals surface area (Å²) in [4.78, 5) is 10.4. The fourth-order valence-electron chi connectivity index (χ4n) is 0.836. The van der Waals surface area contributed by atoms with Crippen LogP contribution in [0.25, 0.3) is 0 Å². The molecule has 0 rings (SSSR count). The van der Waals surface area contributed by atoms with Crippen molar-refractivity contribution in [3.63, 3.8) is 0 Å². The maximum atomic E-state index is 10.4. The lowest BCUT2D eigenvalue weighted by atomic mass is 10.0. The van der Waals surface area contributed by atoms with Gasteiger partial charge in [0.1, 0.15) is 0 Å². The first-order valence-corrected chi connectivity index (χ1v) is 3.59. The molecule has 3 heteroatoms. The van der Waals surface area contributed by atoms with Crippen LogP contribution in [0.4, 0.5) is 0 Å². The van der Waals surface area contributed by atoms with Gasteiger partial charge in [0.15, 0.2) is 0 Å². The number of amides is 1. The van der Waals surface area contributed by atoms with Crippen LogP contribution in [0.1, 0.15) is 19.8 Å². The van der Waals surface area contributed by atoms with Crippen LogP contribution in [0.3, 0.4) is 0 Å². The highest BCUT2D eigenvalue weighted by atomic mass is 16.1. The van der Waals surface area contributed by atoms with Gasteiger partial charge in [-0.15, -0.1) is 0 Å². The Kier molecular flexibility index (Phi) is 4.94. The number of carbonyl (C=O) groups excluding carboxylic acids is 1. The molecule has 0 aliphatic heterocycles. The highest BCUT2D eigenvalue weighted by Crippen LogP contribution is 2.04. The van der Waals surface area contributed by atoms with Gasteiger partial charge in [0.05, 0.1) is 0 Å². The number of hydrogen-bond donors (Lipinski definition) is 2. The van der Waals surface area contributed by atoms with Crippen molar-refractivity contribution in [2.24, 2.45) is 11.7 Å². The van der Waals surface area contributed by atoms with Gasteiger partial charge < -0.3 is 11.1 Å². The highest BCUT2D eigenvalue weighted by molar-refractivity contribution is 5.73. The van der Waals surface area contributed by atoms with Crippen LogP contribution >= 0.6 is 0 Å². The molecule has 0 aromatic heterocycles. The van der Waals surface area contributed by atoms with Gasteiger partial charge in [-0.3, -0.25) is 4.79 Å². The summed E-state index contributed by atoms with van der Waals surface area (Å²) in [5.74, 6) is 0.202. The third-order valence-electron chi connectivity index (χ3n) is 1.44. The van der Waals surface area contributed by atoms with Crippen LogP contribution in [-0.4, -0.2) is 19.5 Å². The summed E-state index contributed by atoms with van der Waals surface area (Å²) in [6, 6.07) is 0. The molecule has 0 heterocycles. The van der Waals surface area contributed by atoms with Crippen molar-refractivity contribution in [1.82, 2.24) is 5.32 Å². The molecule has 0 spiro atoms. The standard InChI is InChI=1S/C7H16N2O/c1-6(3-4-9-2)5-7(8)10/h6,9H,3-5H2,1-2H3,(H2,8,10). The third kappa shape index (κ3) is 5.56. The molecule has 0 saturated carbocycles. The van der Waals surface area contributed by atoms with Gasteiger partial charge in [-0.2, -0.15) is 0 Å². The van der Waals surface area contributed by atoms with Gasteiger partial charge in [0.2, 0.25) is 5.91 Å². The first kappa shape index (κ1) is 9.43. The monoisotopic (exact) mass is 144 g/mol. The Morgan fingerprint density at radius 1 is 1.70 bits per heavy atom. The van der Waals surface area contributed by atoms with Crippen molar-refractivity contribution < 1.29 is 4.79 Å². The summed E-state index contributed by atoms with van der Waals surface area (Å²) in [6.45, 7) is 2.98. The van der Waals surface area contributed by atoms with E-state index in [0.717, 1.165) is 13.0 Å². The van der Waals surface area contributed by atoms with E-state index in [1.165, 1.54) is 0 Å². The lowest BCUT2D eigenvalue weighted by molar-refractivity contribution is -0.118. The topological polar surface area (TPSA) is 55.1 Å². The Labute approximate surface area is 62.0 Å². The summed E-state index contributed by atoms with van der Waals surface area (Å²) in [5.41, 5.74) is 5.01. The Morgan fingerprint density at radius 3 is 2.70 bits per heavy atom. The molecule has 0 saturated heterocycles. The number of carbonyl (C=O) groups is 1. The van der Waals surface area contributed by atoms with E-state index in [1.54, 1.807) is 0 Å². The number of nitrogens with two attached hydrogens (primary N) is 1. The zero-order chi connectivity index (χ0) is 7.98. The van der Waals surface area contributed by atoms with E-state index in [0.29, 0.717) is 12.3 Å². The maximum Gasteiger partial charge on any atom is 0.217 e. The van der Waals surface area contributed by atoms with Crippen LogP contribution in [0.5, 0.6) is 0 Å². The minimum absolute atomic E-state index is 0.205. The number of hydrogen-bond acceptors (Lipinski definition) is 2. The molecule has 1 amide bonds. The van der Waals surface area contributed by atoms with Gasteiger partial charge >= 0.3 is 0 Å². The molecule has 10 heavy (non-hydrogen) atoms. The van der Waals surface area contributed by atoms with Gasteiger partial charge in [-0.1, -0.05) is 6.92 Å². The third-order valence-corrected chi connectivity index (χ3v) is 1.44. The minimum Gasteiger partial charge on any atom is -0.370 e. The Morgan fingerprint density at radius 2 is 2.30 bits per heavy atom. The largest absolute Gasteiger partial charge is 0.370 e. The molecule has 0 aliphatic rings. The zero-order valence-electron chi connectivity index (χ0n) is 6.68. The summed E-state index contributed by atoms with van der Waals surface area (Å²) < 4.78 is 0. The molecule has 3 nitrogen and oxygen atoms in total. The van der Waals surface area contributed by atoms with Crippen LogP contribution < -0.4 is 11.1 Å². The molecule has 0 aromatic carbocycles. The zero-order valence-corrected chi connectivity index (χ0v) is 6.68. The maximum absolute atomic E-state index is 10.4. The molecular formula is C7H16N2O. The number of nitrogens with one attached hydrogen (secondary N) is 1. The lowest BCUT2D eigenvalue weighted by Crippen LogP contribution is -2.18. The van der Waals surface area contributed by atoms with Crippen molar-refractivity contribution in [1.29, 1.82) is 0 Å². The average molecular weight is 144 g/mol. The smallest absolute Gasteiger partial charge is 0.217 e. The molecule has 60 valence electrons. The van der Waals surface area contributed by atoms with Crippen molar-refractivity contribution in [2.75, 3.05) is 13.6 Å². The van der Waals surface area contributed by atoms with E-state index >= 15 is 0 Å². The van der Waals surface area contributed by atoms with E-state index in [2.05, 4.69) is 5.32 Å². The second-order valence-electron chi connectivity index (χ2n) is 2.67. The molecule has 0 radical (unpaired) electrons. The first-order valence-electron chi connectivity index (χ1n) is 3.59. The summed E-state index contributed by atoms with van der Waals surface area (Å²) in [6.07, 6.45) is 1.52. The molecule has 0 aromatic rings. The summed E-state index contributed by atoms with van der Waals surface area (Å²) in [7, 11) is 1.90. The number of rotatable bonds is 5. The molecule has 0 fully saturated rings. The van der Waals surface area contributed by atoms with Crippen LogP contribution in [-0.2, 0) is 4.79 Å². The fourth-order valence-corrected chi connectivity index (χ4v) is 0.836. The van der Waals surface area contributed by atoms with E-state index in [1.807, 2.05) is 14.0 Å². The predicted molar refractivity (Wildman–Crippen MR) is 41.5 cm³/mol. The molecule has 1 unspecified atom stereocenters. The second kappa shape index (κ2) is 5.23. The summed E-state index contributed by atoms with van der Waals surface area (Å²) in [5, 5.41) is 3.02. The molecule has 0 bridgehead atoms. The Balaban J connectivity index is 3.25. The van der Waals surface area contributed by atoms with E-state index < -0.39 is 0 Å². The van der Waals surface area contributed by atoms with E-state index in [4.69, 9.17) is 5.73 Å². The van der Waals surface area contributed by atoms with Crippen LogP contribution in [0.15, 0.2) is 0 Å². The van der Waals surface area contributed by atoms with Crippen molar-refractivity contribution in [2.45, 2.75) is 19.8 Å². The predicted octanol–water partition coefficient (Wildman–Crippen LogP) is 0.107. The van der Waals surface area contributed by atoms with Crippen molar-refractivity contribution >= 4 is 5.91 Å². The van der Waals surface area contributed by atoms with Gasteiger partial charge in [0, 0.05) is 6.42 Å². The highest BCUT2D eigenvalue weighted by Gasteiger charge is 2.03. The van der Waals surface area contributed by atoms with Crippen molar-refractivity contribution in [3.05, 3.63) is 0 Å². The Bertz CT molecular complexity index is 104. The average Bonchev–Trinajstić information content (AvgIpc) is 1.82. The lowest BCUT2D eigenvalue weighted by Gasteiger charge is -2.06. The first-order chi connectivity index (χ1) is 4.66. The molecule has 0 aliphatic carbocycles. The Hall–Kier alpha value is -0.570. The SMILES string of the molecule is CNCCC(C)CC(N)=O. The number of primary amides is 1. The molecular weight excluding hydrogens is 128 g/mol. The summed E-state index contributed by atoms with van der Waals surface area (Å²) >= 11 is 0. The quantitative estimate of drug-likeness (QED) is 0.575. The van der Waals surface area contributed by atoms with Gasteiger partial charge in [0.25, 0.3) is 0 Å². The van der Waals surface area contributed by atoms with E-state index in [9.17, 15) is 4.79 Å². The van der Waals surface area contributed by atoms with Crippen molar-refractivity contribution in [3.8, 4) is 0 Å². The fraction of sp³-hybridized carbons (Fsp3) is 0.857. The molecule has 1 atom stereocenters.